The van der Waals surface area contributed by atoms with E-state index in [2.05, 4.69) is 68.3 Å². The van der Waals surface area contributed by atoms with Crippen LogP contribution in [0.1, 0.15) is 88.3 Å². The molecule has 3 aromatic rings. The van der Waals surface area contributed by atoms with Gasteiger partial charge < -0.3 is 15.4 Å². The number of aryl methyl sites for hydroxylation is 2. The molecule has 0 amide bonds. The van der Waals surface area contributed by atoms with Crippen LogP contribution < -0.4 is 16.2 Å². The maximum Gasteiger partial charge on any atom is 0.252 e. The molecule has 1 aliphatic heterocycles. The summed E-state index contributed by atoms with van der Waals surface area (Å²) in [5.41, 5.74) is 5.32. The van der Waals surface area contributed by atoms with Gasteiger partial charge in [0.15, 0.2) is 5.65 Å². The summed E-state index contributed by atoms with van der Waals surface area (Å²) in [5.74, 6) is 0. The molecular weight excluding hydrogens is 440 g/mol. The fraction of sp³-hybridized carbons (Fsp3) is 0.519. The molecule has 4 rings (SSSR count). The number of nitrogens with zero attached hydrogens (tertiary/aromatic N) is 3. The summed E-state index contributed by atoms with van der Waals surface area (Å²) in [6.45, 7) is 16.8. The van der Waals surface area contributed by atoms with Gasteiger partial charge in [-0.05, 0) is 85.1 Å². The van der Waals surface area contributed by atoms with Crippen LogP contribution in [0, 0.1) is 13.8 Å². The van der Waals surface area contributed by atoms with Crippen LogP contribution >= 0.6 is 0 Å². The highest BCUT2D eigenvalue weighted by Gasteiger charge is 2.33. The zero-order chi connectivity index (χ0) is 25.7. The third-order valence-corrected chi connectivity index (χ3v) is 6.51. The molecule has 1 atom stereocenters. The molecule has 0 spiro atoms. The zero-order valence-electron chi connectivity index (χ0n) is 22.1. The van der Waals surface area contributed by atoms with Gasteiger partial charge in [-0.15, -0.1) is 0 Å². The lowest BCUT2D eigenvalue weighted by Crippen LogP contribution is -2.53. The number of aliphatic hydroxyl groups excluding tert-OH is 1. The van der Waals surface area contributed by atoms with Crippen LogP contribution in [-0.2, 0) is 6.54 Å². The van der Waals surface area contributed by atoms with E-state index in [0.29, 0.717) is 11.1 Å². The number of H-pyrrole nitrogens is 1. The van der Waals surface area contributed by atoms with Crippen LogP contribution in [0.4, 0.5) is 0 Å². The van der Waals surface area contributed by atoms with Crippen molar-refractivity contribution in [1.82, 2.24) is 30.4 Å². The molecule has 0 saturated carbocycles. The Morgan fingerprint density at radius 1 is 1.20 bits per heavy atom. The number of hydrogen-bond acceptors (Lipinski definition) is 6. The maximum absolute atomic E-state index is 12.5. The van der Waals surface area contributed by atoms with Gasteiger partial charge in [0.25, 0.3) is 5.56 Å². The largest absolute Gasteiger partial charge is 0.374 e. The lowest BCUT2D eigenvalue weighted by atomic mass is 9.82. The second kappa shape index (κ2) is 9.00. The molecule has 1 unspecified atom stereocenters. The summed E-state index contributed by atoms with van der Waals surface area (Å²) < 4.78 is 1.89. The van der Waals surface area contributed by atoms with E-state index in [9.17, 15) is 9.90 Å². The number of fused-ring (bicyclic) bond motifs is 1. The molecule has 0 aliphatic carbocycles. The maximum atomic E-state index is 12.5. The Labute approximate surface area is 206 Å². The Morgan fingerprint density at radius 2 is 1.91 bits per heavy atom. The first-order chi connectivity index (χ1) is 16.3. The number of aromatic nitrogens is 4. The minimum Gasteiger partial charge on any atom is -0.374 e. The molecule has 35 heavy (non-hydrogen) atoms. The van der Waals surface area contributed by atoms with E-state index in [-0.39, 0.29) is 29.2 Å². The van der Waals surface area contributed by atoms with Crippen LogP contribution in [0.25, 0.3) is 16.6 Å². The van der Waals surface area contributed by atoms with Crippen molar-refractivity contribution in [3.05, 3.63) is 62.8 Å². The molecule has 0 radical (unpaired) electrons. The van der Waals surface area contributed by atoms with Gasteiger partial charge in [-0.3, -0.25) is 10.1 Å². The van der Waals surface area contributed by atoms with E-state index in [1.807, 2.05) is 30.7 Å². The summed E-state index contributed by atoms with van der Waals surface area (Å²) in [5, 5.41) is 23.5. The van der Waals surface area contributed by atoms with Crippen molar-refractivity contribution in [3.63, 3.8) is 0 Å². The van der Waals surface area contributed by atoms with E-state index in [4.69, 9.17) is 4.98 Å². The highest BCUT2D eigenvalue weighted by molar-refractivity contribution is 5.82. The summed E-state index contributed by atoms with van der Waals surface area (Å²) in [4.78, 5) is 20.3. The minimum atomic E-state index is -0.993. The molecule has 3 aromatic heterocycles. The number of aromatic amines is 1. The number of aliphatic hydroxyl groups is 1. The van der Waals surface area contributed by atoms with Crippen LogP contribution in [0.5, 0.6) is 0 Å². The van der Waals surface area contributed by atoms with Crippen molar-refractivity contribution in [2.75, 3.05) is 0 Å². The quantitative estimate of drug-likeness (QED) is 0.399. The van der Waals surface area contributed by atoms with Crippen molar-refractivity contribution in [2.24, 2.45) is 0 Å². The van der Waals surface area contributed by atoms with Gasteiger partial charge in [-0.1, -0.05) is 6.08 Å². The van der Waals surface area contributed by atoms with Gasteiger partial charge in [0, 0.05) is 45.9 Å². The standard InChI is InChI=1S/C27H38N6O2/c1-15(2)33-23-21(14-29-33)19(24(34)28-13-20-16(3)9-17(4)30-25(20)35)10-22(31-23)18-11-26(5,6)32-27(7,8)12-18/h9-11,14-15,24,28,32,34H,12-13H2,1-8H3,(H,30,35). The SMILES string of the molecule is Cc1cc(C)c(CNC(O)c2cc(C3=CC(C)(C)NC(C)(C)C3)nc3c2cnn3C(C)C)c(=O)[nH]1. The fourth-order valence-corrected chi connectivity index (χ4v) is 5.30. The lowest BCUT2D eigenvalue weighted by Gasteiger charge is -2.41. The number of hydrogen-bond donors (Lipinski definition) is 4. The number of nitrogens with one attached hydrogen (secondary N) is 3. The van der Waals surface area contributed by atoms with Crippen LogP contribution in [0.2, 0.25) is 0 Å². The average molecular weight is 479 g/mol. The van der Waals surface area contributed by atoms with Crippen molar-refractivity contribution < 1.29 is 5.11 Å². The van der Waals surface area contributed by atoms with Gasteiger partial charge >= 0.3 is 0 Å². The third kappa shape index (κ3) is 5.24. The number of rotatable bonds is 6. The Kier molecular flexibility index (Phi) is 6.51. The summed E-state index contributed by atoms with van der Waals surface area (Å²) >= 11 is 0. The molecule has 0 aromatic carbocycles. The first-order valence-electron chi connectivity index (χ1n) is 12.3. The highest BCUT2D eigenvalue weighted by atomic mass is 16.3. The van der Waals surface area contributed by atoms with Gasteiger partial charge in [-0.25, -0.2) is 9.67 Å². The summed E-state index contributed by atoms with van der Waals surface area (Å²) in [6.07, 6.45) is 3.81. The van der Waals surface area contributed by atoms with Crippen molar-refractivity contribution in [2.45, 2.75) is 91.7 Å². The van der Waals surface area contributed by atoms with Gasteiger partial charge in [-0.2, -0.15) is 5.10 Å². The Balaban J connectivity index is 1.77. The van der Waals surface area contributed by atoms with E-state index < -0.39 is 6.23 Å². The van der Waals surface area contributed by atoms with Gasteiger partial charge in [0.1, 0.15) is 6.23 Å². The van der Waals surface area contributed by atoms with Crippen LogP contribution in [0.3, 0.4) is 0 Å². The minimum absolute atomic E-state index is 0.0937. The monoisotopic (exact) mass is 478 g/mol. The Bertz CT molecular complexity index is 1350. The molecule has 4 heterocycles. The van der Waals surface area contributed by atoms with Crippen LogP contribution in [-0.4, -0.2) is 35.9 Å². The van der Waals surface area contributed by atoms with E-state index >= 15 is 0 Å². The number of pyridine rings is 2. The zero-order valence-corrected chi connectivity index (χ0v) is 22.1. The Morgan fingerprint density at radius 3 is 2.54 bits per heavy atom. The average Bonchev–Trinajstić information content (AvgIpc) is 3.14. The predicted octanol–water partition coefficient (Wildman–Crippen LogP) is 4.03. The topological polar surface area (TPSA) is 108 Å². The van der Waals surface area contributed by atoms with Crippen molar-refractivity contribution >= 4 is 16.6 Å². The second-order valence-corrected chi connectivity index (χ2v) is 11.3. The molecule has 0 bridgehead atoms. The summed E-state index contributed by atoms with van der Waals surface area (Å²) in [7, 11) is 0. The van der Waals surface area contributed by atoms with Gasteiger partial charge in [0.05, 0.1) is 11.9 Å². The molecule has 8 heteroatoms. The molecule has 8 nitrogen and oxygen atoms in total. The normalized spacial score (nSPS) is 18.2. The summed E-state index contributed by atoms with van der Waals surface area (Å²) in [6, 6.07) is 4.02. The van der Waals surface area contributed by atoms with Crippen LogP contribution in [0.15, 0.2) is 29.2 Å². The van der Waals surface area contributed by atoms with E-state index in [1.54, 1.807) is 6.20 Å². The third-order valence-electron chi connectivity index (χ3n) is 6.51. The lowest BCUT2D eigenvalue weighted by molar-refractivity contribution is 0.138. The van der Waals surface area contributed by atoms with Crippen molar-refractivity contribution in [3.8, 4) is 0 Å². The van der Waals surface area contributed by atoms with Crippen molar-refractivity contribution in [1.29, 1.82) is 0 Å². The van der Waals surface area contributed by atoms with E-state index in [1.165, 1.54) is 0 Å². The predicted molar refractivity (Wildman–Crippen MR) is 140 cm³/mol. The molecule has 0 saturated heterocycles. The molecular formula is C27H38N6O2. The Hall–Kier alpha value is -2.81. The second-order valence-electron chi connectivity index (χ2n) is 11.3. The molecule has 188 valence electrons. The molecule has 1 aliphatic rings. The first-order valence-corrected chi connectivity index (χ1v) is 12.3. The first kappa shape index (κ1) is 25.3. The molecule has 0 fully saturated rings. The molecule has 4 N–H and O–H groups in total. The van der Waals surface area contributed by atoms with Gasteiger partial charge in [0.2, 0.25) is 0 Å². The van der Waals surface area contributed by atoms with E-state index in [0.717, 1.165) is 40.0 Å². The smallest absolute Gasteiger partial charge is 0.252 e. The fourth-order valence-electron chi connectivity index (χ4n) is 5.30. The highest BCUT2D eigenvalue weighted by Crippen LogP contribution is 2.35.